The minimum absolute atomic E-state index is 0.0447. The number of aliphatic carboxylic acids is 1. The van der Waals surface area contributed by atoms with Crippen molar-refractivity contribution < 1.29 is 38.2 Å². The highest BCUT2D eigenvalue weighted by molar-refractivity contribution is 5.70. The van der Waals surface area contributed by atoms with E-state index in [-0.39, 0.29) is 42.7 Å². The molecule has 0 fully saturated rings. The molecule has 62 heavy (non-hydrogen) atoms. The first kappa shape index (κ1) is 59.5. The Morgan fingerprint density at radius 2 is 0.903 bits per heavy atom. The van der Waals surface area contributed by atoms with Crippen molar-refractivity contribution in [3.63, 3.8) is 0 Å². The molecule has 2 unspecified atom stereocenters. The topological polar surface area (TPSA) is 102 Å². The van der Waals surface area contributed by atoms with Crippen LogP contribution in [0.15, 0.2) is 36.5 Å². The first-order valence-corrected chi connectivity index (χ1v) is 26.0. The lowest BCUT2D eigenvalue weighted by atomic mass is 10.0. The maximum Gasteiger partial charge on any atom is 0.306 e. The minimum atomic E-state index is -1.12. The van der Waals surface area contributed by atoms with Gasteiger partial charge in [0.1, 0.15) is 12.6 Å². The van der Waals surface area contributed by atoms with Crippen LogP contribution >= 0.6 is 0 Å². The number of carboxylic acids is 1. The standard InChI is InChI=1S/C54H99NO7/c1-6-8-10-12-14-16-18-20-22-23-24-25-26-27-28-29-31-32-34-36-38-40-42-44-52(56)61-49-50(48-60-47-46-51(54(58)59)55(3,4)5)62-53(57)45-43-41-39-37-35-33-30-21-19-17-15-13-11-9-7-2/h8,10,14,16,20,22,50-51H,6-7,9,11-13,15,17-19,21,23-49H2,1-5H3/b10-8+,16-14+,22-20+. The van der Waals surface area contributed by atoms with Crippen molar-refractivity contribution >= 4 is 17.9 Å². The summed E-state index contributed by atoms with van der Waals surface area (Å²) < 4.78 is 17.3. The zero-order valence-electron chi connectivity index (χ0n) is 41.3. The Labute approximate surface area is 383 Å². The molecule has 0 aliphatic carbocycles. The SMILES string of the molecule is CC/C=C/C/C=C/C/C=C/CCCCCCCCCCCCCCCC(=O)OCC(COCCC(C(=O)[O-])[N+](C)(C)C)OC(=O)CCCCCCCCCCCCCCCCC. The summed E-state index contributed by atoms with van der Waals surface area (Å²) >= 11 is 0. The highest BCUT2D eigenvalue weighted by Gasteiger charge is 2.25. The highest BCUT2D eigenvalue weighted by Crippen LogP contribution is 2.16. The largest absolute Gasteiger partial charge is 0.544 e. The predicted octanol–water partition coefficient (Wildman–Crippen LogP) is 13.6. The van der Waals surface area contributed by atoms with Crippen molar-refractivity contribution in [3.05, 3.63) is 36.5 Å². The van der Waals surface area contributed by atoms with Crippen LogP contribution < -0.4 is 5.11 Å². The van der Waals surface area contributed by atoms with E-state index in [1.165, 1.54) is 148 Å². The van der Waals surface area contributed by atoms with Crippen LogP contribution in [0.3, 0.4) is 0 Å². The van der Waals surface area contributed by atoms with Crippen molar-refractivity contribution in [2.45, 2.75) is 251 Å². The number of quaternary nitrogens is 1. The molecule has 8 nitrogen and oxygen atoms in total. The molecule has 0 saturated carbocycles. The van der Waals surface area contributed by atoms with E-state index in [0.717, 1.165) is 57.8 Å². The summed E-state index contributed by atoms with van der Waals surface area (Å²) in [5, 5.41) is 11.7. The van der Waals surface area contributed by atoms with Gasteiger partial charge in [0.05, 0.1) is 40.3 Å². The Hall–Kier alpha value is -2.45. The van der Waals surface area contributed by atoms with E-state index in [9.17, 15) is 19.5 Å². The van der Waals surface area contributed by atoms with E-state index in [4.69, 9.17) is 14.2 Å². The Bertz CT molecular complexity index is 1110. The molecule has 2 atom stereocenters. The van der Waals surface area contributed by atoms with Crippen LogP contribution in [0.1, 0.15) is 239 Å². The maximum atomic E-state index is 12.8. The van der Waals surface area contributed by atoms with Gasteiger partial charge in [0.25, 0.3) is 0 Å². The van der Waals surface area contributed by atoms with E-state index in [2.05, 4.69) is 50.3 Å². The first-order chi connectivity index (χ1) is 30.1. The zero-order chi connectivity index (χ0) is 45.6. The van der Waals surface area contributed by atoms with Crippen molar-refractivity contribution in [2.24, 2.45) is 0 Å². The fourth-order valence-electron chi connectivity index (χ4n) is 7.79. The van der Waals surface area contributed by atoms with E-state index in [0.29, 0.717) is 12.8 Å². The van der Waals surface area contributed by atoms with Crippen LogP contribution in [0.25, 0.3) is 0 Å². The lowest BCUT2D eigenvalue weighted by Crippen LogP contribution is -2.55. The Kier molecular flexibility index (Phi) is 43.3. The van der Waals surface area contributed by atoms with E-state index >= 15 is 0 Å². The quantitative estimate of drug-likeness (QED) is 0.0260. The zero-order valence-corrected chi connectivity index (χ0v) is 41.3. The third-order valence-electron chi connectivity index (χ3n) is 11.8. The second-order valence-corrected chi connectivity index (χ2v) is 18.7. The molecule has 0 aromatic rings. The fraction of sp³-hybridized carbons (Fsp3) is 0.833. The molecular weight excluding hydrogens is 775 g/mol. The van der Waals surface area contributed by atoms with Crippen LogP contribution in [0.4, 0.5) is 0 Å². The number of esters is 2. The van der Waals surface area contributed by atoms with Gasteiger partial charge in [-0.3, -0.25) is 9.59 Å². The number of ether oxygens (including phenoxy) is 3. The summed E-state index contributed by atoms with van der Waals surface area (Å²) in [6, 6.07) is -0.724. The third kappa shape index (κ3) is 42.8. The number of allylic oxidation sites excluding steroid dienone is 6. The van der Waals surface area contributed by atoms with Gasteiger partial charge in [0.15, 0.2) is 6.10 Å². The first-order valence-electron chi connectivity index (χ1n) is 26.0. The van der Waals surface area contributed by atoms with Gasteiger partial charge in [0.2, 0.25) is 0 Å². The van der Waals surface area contributed by atoms with Crippen molar-refractivity contribution in [2.75, 3.05) is 41.0 Å². The summed E-state index contributed by atoms with van der Waals surface area (Å²) in [5.74, 6) is -1.72. The number of carbonyl (C=O) groups is 3. The van der Waals surface area contributed by atoms with Gasteiger partial charge in [-0.25, -0.2) is 0 Å². The van der Waals surface area contributed by atoms with E-state index in [1.807, 2.05) is 21.1 Å². The van der Waals surface area contributed by atoms with Crippen LogP contribution in [-0.4, -0.2) is 75.5 Å². The number of unbranched alkanes of at least 4 members (excludes halogenated alkanes) is 27. The van der Waals surface area contributed by atoms with Crippen LogP contribution in [0.5, 0.6) is 0 Å². The lowest BCUT2D eigenvalue weighted by Gasteiger charge is -2.34. The summed E-state index contributed by atoms with van der Waals surface area (Å²) in [6.45, 7) is 4.59. The van der Waals surface area contributed by atoms with Gasteiger partial charge in [-0.1, -0.05) is 211 Å². The van der Waals surface area contributed by atoms with Crippen molar-refractivity contribution in [1.29, 1.82) is 0 Å². The smallest absolute Gasteiger partial charge is 0.306 e. The molecule has 0 aliphatic heterocycles. The molecule has 0 rings (SSSR count). The predicted molar refractivity (Wildman–Crippen MR) is 259 cm³/mol. The molecule has 0 aromatic heterocycles. The number of carboxylic acid groups (broad SMARTS) is 1. The number of hydrogen-bond acceptors (Lipinski definition) is 7. The Balaban J connectivity index is 4.16. The molecule has 0 aromatic carbocycles. The molecule has 0 saturated heterocycles. The van der Waals surface area contributed by atoms with Crippen molar-refractivity contribution in [3.8, 4) is 0 Å². The normalized spacial score (nSPS) is 13.1. The van der Waals surface area contributed by atoms with Gasteiger partial charge < -0.3 is 28.6 Å². The molecule has 362 valence electrons. The number of nitrogens with zero attached hydrogens (tertiary/aromatic N) is 1. The molecule has 0 spiro atoms. The second-order valence-electron chi connectivity index (χ2n) is 18.7. The lowest BCUT2D eigenvalue weighted by molar-refractivity contribution is -0.889. The molecule has 0 aliphatic rings. The second kappa shape index (κ2) is 45.1. The van der Waals surface area contributed by atoms with Crippen LogP contribution in [0.2, 0.25) is 0 Å². The molecule has 0 radical (unpaired) electrons. The highest BCUT2D eigenvalue weighted by atomic mass is 16.6. The molecule has 8 heteroatoms. The molecule has 0 N–H and O–H groups in total. The number of carbonyl (C=O) groups excluding carboxylic acids is 3. The number of likely N-dealkylation sites (N-methyl/N-ethyl adjacent to an activating group) is 1. The van der Waals surface area contributed by atoms with Crippen LogP contribution in [0, 0.1) is 0 Å². The summed E-state index contributed by atoms with van der Waals surface area (Å²) in [7, 11) is 5.42. The average Bonchev–Trinajstić information content (AvgIpc) is 3.23. The minimum Gasteiger partial charge on any atom is -0.544 e. The van der Waals surface area contributed by atoms with Gasteiger partial charge >= 0.3 is 11.9 Å². The monoisotopic (exact) mass is 874 g/mol. The summed E-state index contributed by atoms with van der Waals surface area (Å²) in [4.78, 5) is 37.0. The molecule has 0 heterocycles. The molecular formula is C54H99NO7. The summed E-state index contributed by atoms with van der Waals surface area (Å²) in [5.41, 5.74) is 0. The Morgan fingerprint density at radius 1 is 0.500 bits per heavy atom. The summed E-state index contributed by atoms with van der Waals surface area (Å²) in [6.07, 6.45) is 53.2. The molecule has 0 amide bonds. The van der Waals surface area contributed by atoms with Gasteiger partial charge in [0, 0.05) is 19.3 Å². The maximum absolute atomic E-state index is 12.8. The van der Waals surface area contributed by atoms with Crippen LogP contribution in [-0.2, 0) is 28.6 Å². The molecule has 0 bridgehead atoms. The van der Waals surface area contributed by atoms with Gasteiger partial charge in [-0.15, -0.1) is 0 Å². The third-order valence-corrected chi connectivity index (χ3v) is 11.8. The average molecular weight is 874 g/mol. The van der Waals surface area contributed by atoms with Gasteiger partial charge in [-0.2, -0.15) is 0 Å². The number of rotatable bonds is 47. The number of hydrogen-bond donors (Lipinski definition) is 0. The fourth-order valence-corrected chi connectivity index (χ4v) is 7.79. The van der Waals surface area contributed by atoms with Crippen molar-refractivity contribution in [1.82, 2.24) is 0 Å². The van der Waals surface area contributed by atoms with E-state index in [1.54, 1.807) is 0 Å². The van der Waals surface area contributed by atoms with Gasteiger partial charge in [-0.05, 0) is 44.9 Å². The Morgan fingerprint density at radius 3 is 1.34 bits per heavy atom. The van der Waals surface area contributed by atoms with E-state index < -0.39 is 18.1 Å².